The fraction of sp³-hybridized carbons (Fsp3) is 1.00. The van der Waals surface area contributed by atoms with Crippen LogP contribution in [0.25, 0.3) is 0 Å². The summed E-state index contributed by atoms with van der Waals surface area (Å²) in [5.41, 5.74) is 0. The summed E-state index contributed by atoms with van der Waals surface area (Å²) in [5, 5.41) is 1.03. The van der Waals surface area contributed by atoms with Gasteiger partial charge in [0.25, 0.3) is 0 Å². The quantitative estimate of drug-likeness (QED) is 0.677. The van der Waals surface area contributed by atoms with E-state index in [0.717, 1.165) is 23.0 Å². The molecule has 0 amide bonds. The highest BCUT2D eigenvalue weighted by molar-refractivity contribution is 8.00. The molecule has 4 saturated heterocycles. The van der Waals surface area contributed by atoms with Gasteiger partial charge in [-0.15, -0.1) is 0 Å². The number of thioether (sulfide) groups is 1. The van der Waals surface area contributed by atoms with E-state index in [1.54, 1.807) is 6.42 Å². The van der Waals surface area contributed by atoms with Crippen LogP contribution in [0.4, 0.5) is 0 Å². The maximum absolute atomic E-state index is 5.77. The zero-order valence-corrected chi connectivity index (χ0v) is 10.0. The van der Waals surface area contributed by atoms with Crippen LogP contribution < -0.4 is 0 Å². The first-order valence-electron chi connectivity index (χ1n) is 6.65. The molecule has 6 fully saturated rings. The Balaban J connectivity index is 1.48. The van der Waals surface area contributed by atoms with Crippen molar-refractivity contribution in [2.75, 3.05) is 5.75 Å². The number of hydrogen-bond donors (Lipinski definition) is 0. The van der Waals surface area contributed by atoms with Gasteiger partial charge >= 0.3 is 0 Å². The predicted molar refractivity (Wildman–Crippen MR) is 63.1 cm³/mol. The molecule has 4 heterocycles. The Hall–Kier alpha value is 0.310. The van der Waals surface area contributed by atoms with E-state index in [0.29, 0.717) is 12.2 Å². The summed E-state index contributed by atoms with van der Waals surface area (Å²) >= 11 is 2.26. The molecule has 4 aliphatic heterocycles. The van der Waals surface area contributed by atoms with Gasteiger partial charge in [0.1, 0.15) is 0 Å². The molecular formula is C13H20OS. The van der Waals surface area contributed by atoms with Crippen molar-refractivity contribution in [2.45, 2.75) is 56.0 Å². The lowest BCUT2D eigenvalue weighted by atomic mass is 9.65. The Morgan fingerprint density at radius 3 is 2.20 bits per heavy atom. The van der Waals surface area contributed by atoms with E-state index in [1.807, 2.05) is 0 Å². The topological polar surface area (TPSA) is 9.23 Å². The molecule has 84 valence electrons. The summed E-state index contributed by atoms with van der Waals surface area (Å²) in [6.07, 6.45) is 10.1. The van der Waals surface area contributed by atoms with Gasteiger partial charge in [-0.2, -0.15) is 11.8 Å². The van der Waals surface area contributed by atoms with E-state index in [2.05, 4.69) is 11.8 Å². The summed E-state index contributed by atoms with van der Waals surface area (Å²) in [5.74, 6) is 4.67. The average Bonchev–Trinajstić information content (AvgIpc) is 2.30. The van der Waals surface area contributed by atoms with Crippen molar-refractivity contribution in [3.05, 3.63) is 0 Å². The highest BCUT2D eigenvalue weighted by atomic mass is 32.2. The van der Waals surface area contributed by atoms with Crippen LogP contribution in [0.2, 0.25) is 0 Å². The summed E-state index contributed by atoms with van der Waals surface area (Å²) in [6.45, 7) is 0. The molecule has 5 atom stereocenters. The van der Waals surface area contributed by atoms with Crippen molar-refractivity contribution in [2.24, 2.45) is 17.8 Å². The largest absolute Gasteiger partial charge is 0.375 e. The molecule has 1 nitrogen and oxygen atoms in total. The third kappa shape index (κ3) is 1.48. The van der Waals surface area contributed by atoms with Crippen molar-refractivity contribution < 1.29 is 4.74 Å². The first-order chi connectivity index (χ1) is 7.38. The van der Waals surface area contributed by atoms with E-state index in [-0.39, 0.29) is 0 Å². The zero-order valence-electron chi connectivity index (χ0n) is 9.23. The van der Waals surface area contributed by atoms with Crippen molar-refractivity contribution >= 4 is 11.8 Å². The standard InChI is InChI=1S/C13H20OS/c1-2-12-6-13(8(1)7-15-12)9-3-10-5-11(4-9)14-10/h8-13H,1-7H2. The maximum Gasteiger partial charge on any atom is 0.0606 e. The molecule has 4 bridgehead atoms. The Bertz CT molecular complexity index is 243. The molecule has 6 aliphatic rings. The van der Waals surface area contributed by atoms with Gasteiger partial charge in [0.2, 0.25) is 0 Å². The first-order valence-corrected chi connectivity index (χ1v) is 7.70. The number of fused-ring (bicyclic) bond motifs is 6. The minimum absolute atomic E-state index is 0.668. The second-order valence-electron chi connectivity index (χ2n) is 6.04. The maximum atomic E-state index is 5.77. The van der Waals surface area contributed by atoms with Crippen molar-refractivity contribution in [1.29, 1.82) is 0 Å². The van der Waals surface area contributed by atoms with Gasteiger partial charge in [-0.05, 0) is 62.0 Å². The molecule has 6 rings (SSSR count). The van der Waals surface area contributed by atoms with Gasteiger partial charge in [-0.25, -0.2) is 0 Å². The van der Waals surface area contributed by atoms with Gasteiger partial charge in [0.15, 0.2) is 0 Å². The average molecular weight is 224 g/mol. The second-order valence-corrected chi connectivity index (χ2v) is 7.37. The second kappa shape index (κ2) is 3.40. The SMILES string of the molecule is C1C2CC(C3CC4CCC3CS4)CC1O2. The zero-order chi connectivity index (χ0) is 9.83. The number of hydrogen-bond acceptors (Lipinski definition) is 2. The van der Waals surface area contributed by atoms with Gasteiger partial charge in [-0.1, -0.05) is 0 Å². The van der Waals surface area contributed by atoms with Crippen molar-refractivity contribution in [3.63, 3.8) is 0 Å². The molecule has 0 aromatic heterocycles. The fourth-order valence-corrected chi connectivity index (χ4v) is 6.00. The van der Waals surface area contributed by atoms with Crippen molar-refractivity contribution in [1.82, 2.24) is 0 Å². The molecule has 0 aromatic carbocycles. The Morgan fingerprint density at radius 2 is 1.67 bits per heavy atom. The van der Waals surface area contributed by atoms with Gasteiger partial charge in [0.05, 0.1) is 12.2 Å². The fourth-order valence-electron chi connectivity index (χ4n) is 4.40. The molecule has 2 aliphatic carbocycles. The van der Waals surface area contributed by atoms with Crippen molar-refractivity contribution in [3.8, 4) is 0 Å². The Morgan fingerprint density at radius 1 is 0.867 bits per heavy atom. The summed E-state index contributed by atoms with van der Waals surface area (Å²) in [6, 6.07) is 0. The van der Waals surface area contributed by atoms with Gasteiger partial charge in [-0.3, -0.25) is 0 Å². The van der Waals surface area contributed by atoms with E-state index < -0.39 is 0 Å². The van der Waals surface area contributed by atoms with Crippen LogP contribution in [-0.2, 0) is 4.74 Å². The highest BCUT2D eigenvalue weighted by Gasteiger charge is 2.46. The van der Waals surface area contributed by atoms with Gasteiger partial charge < -0.3 is 4.74 Å². The lowest BCUT2D eigenvalue weighted by Crippen LogP contribution is -2.50. The van der Waals surface area contributed by atoms with E-state index in [4.69, 9.17) is 4.74 Å². The Labute approximate surface area is 96.3 Å². The predicted octanol–water partition coefficient (Wildman–Crippen LogP) is 3.09. The monoisotopic (exact) mass is 224 g/mol. The molecule has 2 heteroatoms. The molecule has 0 radical (unpaired) electrons. The van der Waals surface area contributed by atoms with Crippen LogP contribution in [0.15, 0.2) is 0 Å². The van der Waals surface area contributed by atoms with Crippen LogP contribution in [-0.4, -0.2) is 23.2 Å². The lowest BCUT2D eigenvalue weighted by molar-refractivity contribution is -0.183. The molecule has 2 saturated carbocycles. The van der Waals surface area contributed by atoms with Crippen LogP contribution in [0.3, 0.4) is 0 Å². The highest BCUT2D eigenvalue weighted by Crippen LogP contribution is 2.52. The van der Waals surface area contributed by atoms with Crippen LogP contribution in [0.1, 0.15) is 38.5 Å². The minimum Gasteiger partial charge on any atom is -0.375 e. The van der Waals surface area contributed by atoms with E-state index in [1.165, 1.54) is 37.9 Å². The van der Waals surface area contributed by atoms with E-state index >= 15 is 0 Å². The molecule has 0 aromatic rings. The molecule has 5 unspecified atom stereocenters. The number of ether oxygens (including phenoxy) is 1. The van der Waals surface area contributed by atoms with E-state index in [9.17, 15) is 0 Å². The third-order valence-corrected chi connectivity index (χ3v) is 6.71. The third-order valence-electron chi connectivity index (χ3n) is 5.19. The lowest BCUT2D eigenvalue weighted by Gasteiger charge is -2.52. The molecule has 0 spiro atoms. The Kier molecular flexibility index (Phi) is 2.12. The van der Waals surface area contributed by atoms with Gasteiger partial charge in [0, 0.05) is 5.25 Å². The number of rotatable bonds is 1. The summed E-state index contributed by atoms with van der Waals surface area (Å²) in [7, 11) is 0. The normalized spacial score (nSPS) is 57.6. The minimum atomic E-state index is 0.668. The van der Waals surface area contributed by atoms with Crippen LogP contribution >= 0.6 is 11.8 Å². The molecule has 15 heavy (non-hydrogen) atoms. The smallest absolute Gasteiger partial charge is 0.0606 e. The summed E-state index contributed by atoms with van der Waals surface area (Å²) < 4.78 is 5.77. The first kappa shape index (κ1) is 9.35. The van der Waals surface area contributed by atoms with Crippen LogP contribution in [0, 0.1) is 17.8 Å². The van der Waals surface area contributed by atoms with Crippen LogP contribution in [0.5, 0.6) is 0 Å². The summed E-state index contributed by atoms with van der Waals surface area (Å²) in [4.78, 5) is 0. The molecule has 0 N–H and O–H groups in total. The molecular weight excluding hydrogens is 204 g/mol.